The van der Waals surface area contributed by atoms with Crippen molar-refractivity contribution in [3.63, 3.8) is 0 Å². The Morgan fingerprint density at radius 1 is 1.45 bits per heavy atom. The molecule has 0 radical (unpaired) electrons. The van der Waals surface area contributed by atoms with E-state index in [9.17, 15) is 4.79 Å². The van der Waals surface area contributed by atoms with Crippen molar-refractivity contribution in [3.05, 3.63) is 42.6 Å². The fourth-order valence-electron chi connectivity index (χ4n) is 3.44. The van der Waals surface area contributed by atoms with E-state index in [0.717, 1.165) is 41.3 Å². The number of hydrogen-bond donors (Lipinski definition) is 2. The quantitative estimate of drug-likeness (QED) is 0.567. The van der Waals surface area contributed by atoms with E-state index < -0.39 is 0 Å². The second-order valence-electron chi connectivity index (χ2n) is 7.03. The minimum absolute atomic E-state index is 0.140. The molecule has 0 spiro atoms. The van der Waals surface area contributed by atoms with Crippen LogP contribution >= 0.6 is 11.3 Å². The monoisotopic (exact) mass is 435 g/mol. The number of benzene rings is 1. The van der Waals surface area contributed by atoms with Crippen LogP contribution in [-0.2, 0) is 4.79 Å². The van der Waals surface area contributed by atoms with Crippen molar-refractivity contribution in [3.8, 4) is 11.9 Å². The van der Waals surface area contributed by atoms with Gasteiger partial charge in [-0.1, -0.05) is 17.9 Å². The first-order valence-electron chi connectivity index (χ1n) is 9.76. The molecule has 3 aromatic rings. The number of amides is 1. The molecular formula is C21H21N7O2S. The second-order valence-corrected chi connectivity index (χ2v) is 8.04. The largest absolute Gasteiger partial charge is 0.480 e. The molecule has 2 aromatic heterocycles. The SMILES string of the molecule is C=CC(=O)Nc1ccc2sc(N3CCCC(Nc4ncc(C#N)c(OC)n4)C3)nc2c1. The zero-order valence-corrected chi connectivity index (χ0v) is 17.8. The number of thiazole rings is 1. The molecule has 4 rings (SSSR count). The van der Waals surface area contributed by atoms with Gasteiger partial charge in [-0.05, 0) is 37.1 Å². The Morgan fingerprint density at radius 2 is 2.32 bits per heavy atom. The first kappa shape index (κ1) is 20.6. The molecule has 1 amide bonds. The van der Waals surface area contributed by atoms with Crippen molar-refractivity contribution in [1.29, 1.82) is 5.26 Å². The van der Waals surface area contributed by atoms with Gasteiger partial charge in [0, 0.05) is 24.8 Å². The Hall–Kier alpha value is -3.71. The van der Waals surface area contributed by atoms with E-state index >= 15 is 0 Å². The smallest absolute Gasteiger partial charge is 0.247 e. The molecule has 0 bridgehead atoms. The van der Waals surface area contributed by atoms with Crippen LogP contribution in [0.1, 0.15) is 18.4 Å². The van der Waals surface area contributed by atoms with Crippen molar-refractivity contribution >= 4 is 44.2 Å². The Morgan fingerprint density at radius 3 is 3.10 bits per heavy atom. The third-order valence-corrected chi connectivity index (χ3v) is 6.02. The van der Waals surface area contributed by atoms with E-state index in [1.54, 1.807) is 11.3 Å². The summed E-state index contributed by atoms with van der Waals surface area (Å²) in [5, 5.41) is 16.1. The summed E-state index contributed by atoms with van der Waals surface area (Å²) in [7, 11) is 1.48. The maximum atomic E-state index is 11.5. The normalized spacial score (nSPS) is 15.9. The fourth-order valence-corrected chi connectivity index (χ4v) is 4.42. The van der Waals surface area contributed by atoms with Gasteiger partial charge < -0.3 is 20.3 Å². The van der Waals surface area contributed by atoms with Crippen molar-refractivity contribution in [1.82, 2.24) is 15.0 Å². The molecule has 1 atom stereocenters. The molecular weight excluding hydrogens is 414 g/mol. The number of fused-ring (bicyclic) bond motifs is 1. The minimum atomic E-state index is -0.249. The number of ether oxygens (including phenoxy) is 1. The first-order chi connectivity index (χ1) is 15.1. The number of piperidine rings is 1. The number of methoxy groups -OCH3 is 1. The lowest BCUT2D eigenvalue weighted by atomic mass is 10.1. The highest BCUT2D eigenvalue weighted by molar-refractivity contribution is 7.22. The minimum Gasteiger partial charge on any atom is -0.480 e. The van der Waals surface area contributed by atoms with Crippen molar-refractivity contribution < 1.29 is 9.53 Å². The molecule has 10 heteroatoms. The first-order valence-corrected chi connectivity index (χ1v) is 10.6. The number of rotatable bonds is 6. The molecule has 1 fully saturated rings. The van der Waals surface area contributed by atoms with Crippen LogP contribution in [0.5, 0.6) is 5.88 Å². The van der Waals surface area contributed by atoms with Crippen LogP contribution in [-0.4, -0.2) is 47.1 Å². The summed E-state index contributed by atoms with van der Waals surface area (Å²) in [4.78, 5) is 27.1. The van der Waals surface area contributed by atoms with Gasteiger partial charge in [-0.3, -0.25) is 4.79 Å². The lowest BCUT2D eigenvalue weighted by Crippen LogP contribution is -2.42. The number of carbonyl (C=O) groups excluding carboxylic acids is 1. The number of nitrogens with zero attached hydrogens (tertiary/aromatic N) is 5. The van der Waals surface area contributed by atoms with Gasteiger partial charge in [-0.2, -0.15) is 10.2 Å². The number of nitrogens with one attached hydrogen (secondary N) is 2. The fraction of sp³-hybridized carbons (Fsp3) is 0.286. The molecule has 158 valence electrons. The van der Waals surface area contributed by atoms with Crippen molar-refractivity contribution in [2.24, 2.45) is 0 Å². The average molecular weight is 436 g/mol. The number of nitriles is 1. The summed E-state index contributed by atoms with van der Waals surface area (Å²) in [5.74, 6) is 0.453. The topological polar surface area (TPSA) is 116 Å². The molecule has 0 saturated carbocycles. The summed E-state index contributed by atoms with van der Waals surface area (Å²) < 4.78 is 6.22. The van der Waals surface area contributed by atoms with Crippen LogP contribution in [0, 0.1) is 11.3 Å². The highest BCUT2D eigenvalue weighted by atomic mass is 32.1. The molecule has 1 aromatic carbocycles. The highest BCUT2D eigenvalue weighted by Gasteiger charge is 2.23. The van der Waals surface area contributed by atoms with Gasteiger partial charge in [0.25, 0.3) is 0 Å². The summed E-state index contributed by atoms with van der Waals surface area (Å²) in [6.07, 6.45) is 4.68. The zero-order valence-electron chi connectivity index (χ0n) is 17.0. The second kappa shape index (κ2) is 8.97. The summed E-state index contributed by atoms with van der Waals surface area (Å²) in [6, 6.07) is 7.85. The van der Waals surface area contributed by atoms with Crippen LogP contribution in [0.2, 0.25) is 0 Å². The average Bonchev–Trinajstić information content (AvgIpc) is 3.22. The van der Waals surface area contributed by atoms with E-state index in [-0.39, 0.29) is 17.8 Å². The predicted octanol–water partition coefficient (Wildman–Crippen LogP) is 3.17. The lowest BCUT2D eigenvalue weighted by Gasteiger charge is -2.32. The molecule has 1 aliphatic rings. The van der Waals surface area contributed by atoms with Crippen molar-refractivity contribution in [2.75, 3.05) is 35.7 Å². The molecule has 1 saturated heterocycles. The van der Waals surface area contributed by atoms with Crippen molar-refractivity contribution in [2.45, 2.75) is 18.9 Å². The van der Waals surface area contributed by atoms with Gasteiger partial charge in [0.1, 0.15) is 11.6 Å². The Balaban J connectivity index is 1.48. The van der Waals surface area contributed by atoms with Crippen LogP contribution in [0.4, 0.5) is 16.8 Å². The van der Waals surface area contributed by atoms with E-state index in [4.69, 9.17) is 15.0 Å². The van der Waals surface area contributed by atoms with E-state index in [1.807, 2.05) is 24.3 Å². The van der Waals surface area contributed by atoms with Crippen LogP contribution < -0.4 is 20.3 Å². The van der Waals surface area contributed by atoms with E-state index in [1.165, 1.54) is 19.4 Å². The van der Waals surface area contributed by atoms with Gasteiger partial charge in [0.2, 0.25) is 17.7 Å². The standard InChI is InChI=1S/C21H21N7O2S/c1-3-18(29)24-14-6-7-17-16(9-14)26-21(31-17)28-8-4-5-15(12-28)25-20-23-11-13(10-22)19(27-20)30-2/h3,6-7,9,11,15H,1,4-5,8,12H2,2H3,(H,24,29)(H,23,25,27). The van der Waals surface area contributed by atoms with Gasteiger partial charge in [0.15, 0.2) is 5.13 Å². The van der Waals surface area contributed by atoms with Gasteiger partial charge >= 0.3 is 0 Å². The molecule has 1 aliphatic heterocycles. The molecule has 3 heterocycles. The van der Waals surface area contributed by atoms with Gasteiger partial charge in [-0.25, -0.2) is 9.97 Å². The van der Waals surface area contributed by atoms with Crippen LogP contribution in [0.25, 0.3) is 10.2 Å². The summed E-state index contributed by atoms with van der Waals surface area (Å²) in [6.45, 7) is 5.14. The van der Waals surface area contributed by atoms with Crippen LogP contribution in [0.3, 0.4) is 0 Å². The van der Waals surface area contributed by atoms with Crippen LogP contribution in [0.15, 0.2) is 37.1 Å². The van der Waals surface area contributed by atoms with E-state index in [0.29, 0.717) is 17.2 Å². The zero-order chi connectivity index (χ0) is 21.8. The highest BCUT2D eigenvalue weighted by Crippen LogP contribution is 2.32. The molecule has 9 nitrogen and oxygen atoms in total. The summed E-state index contributed by atoms with van der Waals surface area (Å²) in [5.41, 5.74) is 1.84. The molecule has 1 unspecified atom stereocenters. The third kappa shape index (κ3) is 4.57. The lowest BCUT2D eigenvalue weighted by molar-refractivity contribution is -0.111. The molecule has 0 aliphatic carbocycles. The number of anilines is 3. The van der Waals surface area contributed by atoms with Gasteiger partial charge in [0.05, 0.1) is 23.5 Å². The van der Waals surface area contributed by atoms with E-state index in [2.05, 4.69) is 32.1 Å². The third-order valence-electron chi connectivity index (χ3n) is 4.92. The maximum Gasteiger partial charge on any atom is 0.247 e. The number of hydrogen-bond acceptors (Lipinski definition) is 9. The molecule has 2 N–H and O–H groups in total. The Kier molecular flexibility index (Phi) is 5.95. The maximum absolute atomic E-state index is 11.5. The predicted molar refractivity (Wildman–Crippen MR) is 121 cm³/mol. The van der Waals surface area contributed by atoms with Gasteiger partial charge in [-0.15, -0.1) is 0 Å². The summed E-state index contributed by atoms with van der Waals surface area (Å²) >= 11 is 1.62. The Bertz CT molecular complexity index is 1170. The number of carbonyl (C=O) groups is 1. The number of aromatic nitrogens is 3. The Labute approximate surface area is 183 Å². The molecule has 31 heavy (non-hydrogen) atoms.